The molecule has 2 unspecified atom stereocenters. The Bertz CT molecular complexity index is 394. The smallest absolute Gasteiger partial charge is 0.303 e. The molecule has 4 heteroatoms. The Hall–Kier alpha value is -1.55. The van der Waals surface area contributed by atoms with E-state index < -0.39 is 5.97 Å². The van der Waals surface area contributed by atoms with Gasteiger partial charge in [-0.2, -0.15) is 0 Å². The van der Waals surface area contributed by atoms with Crippen molar-refractivity contribution in [1.82, 2.24) is 5.32 Å². The standard InChI is InChI=1S/C14H19NO3/c1-18-12-5-3-11(4-6-12)13-7-2-10(9-15-13)8-14(16)17/h3-6,10,13,15H,2,7-9H2,1H3,(H,16,17). The highest BCUT2D eigenvalue weighted by Gasteiger charge is 2.23. The summed E-state index contributed by atoms with van der Waals surface area (Å²) in [5.74, 6) is 0.417. The van der Waals surface area contributed by atoms with E-state index >= 15 is 0 Å². The summed E-state index contributed by atoms with van der Waals surface area (Å²) in [6.07, 6.45) is 2.22. The molecule has 1 aliphatic heterocycles. The van der Waals surface area contributed by atoms with Crippen LogP contribution in [0.5, 0.6) is 5.75 Å². The molecule has 18 heavy (non-hydrogen) atoms. The minimum Gasteiger partial charge on any atom is -0.497 e. The number of hydrogen-bond donors (Lipinski definition) is 2. The molecule has 0 radical (unpaired) electrons. The van der Waals surface area contributed by atoms with E-state index in [1.165, 1.54) is 5.56 Å². The molecule has 2 rings (SSSR count). The van der Waals surface area contributed by atoms with Crippen LogP contribution in [-0.2, 0) is 4.79 Å². The third kappa shape index (κ3) is 3.23. The normalized spacial score (nSPS) is 23.6. The molecule has 2 atom stereocenters. The summed E-state index contributed by atoms with van der Waals surface area (Å²) in [6, 6.07) is 8.38. The first kappa shape index (κ1) is 12.9. The summed E-state index contributed by atoms with van der Waals surface area (Å²) >= 11 is 0. The van der Waals surface area contributed by atoms with Crippen LogP contribution < -0.4 is 10.1 Å². The molecule has 0 bridgehead atoms. The van der Waals surface area contributed by atoms with Crippen LogP contribution in [0.2, 0.25) is 0 Å². The minimum absolute atomic E-state index is 0.261. The molecule has 2 N–H and O–H groups in total. The van der Waals surface area contributed by atoms with Gasteiger partial charge < -0.3 is 15.2 Å². The van der Waals surface area contributed by atoms with E-state index in [0.29, 0.717) is 6.04 Å². The van der Waals surface area contributed by atoms with Gasteiger partial charge in [-0.15, -0.1) is 0 Å². The first-order valence-corrected chi connectivity index (χ1v) is 6.28. The Kier molecular flexibility index (Phi) is 4.20. The lowest BCUT2D eigenvalue weighted by molar-refractivity contribution is -0.138. The fraction of sp³-hybridized carbons (Fsp3) is 0.500. The summed E-state index contributed by atoms with van der Waals surface area (Å²) in [6.45, 7) is 0.781. The predicted molar refractivity (Wildman–Crippen MR) is 68.7 cm³/mol. The van der Waals surface area contributed by atoms with E-state index in [4.69, 9.17) is 9.84 Å². The number of piperidine rings is 1. The molecule has 0 saturated carbocycles. The monoisotopic (exact) mass is 249 g/mol. The molecule has 0 amide bonds. The van der Waals surface area contributed by atoms with Crippen molar-refractivity contribution in [2.75, 3.05) is 13.7 Å². The number of nitrogens with one attached hydrogen (secondary N) is 1. The van der Waals surface area contributed by atoms with Crippen molar-refractivity contribution in [3.8, 4) is 5.75 Å². The van der Waals surface area contributed by atoms with Crippen LogP contribution >= 0.6 is 0 Å². The fourth-order valence-electron chi connectivity index (χ4n) is 2.46. The summed E-state index contributed by atoms with van der Waals surface area (Å²) in [5, 5.41) is 12.2. The molecule has 0 spiro atoms. The molecule has 1 saturated heterocycles. The van der Waals surface area contributed by atoms with Gasteiger partial charge >= 0.3 is 5.97 Å². The van der Waals surface area contributed by atoms with Gasteiger partial charge in [0.1, 0.15) is 5.75 Å². The van der Waals surface area contributed by atoms with Gasteiger partial charge in [0.25, 0.3) is 0 Å². The van der Waals surface area contributed by atoms with Gasteiger partial charge in [0.15, 0.2) is 0 Å². The highest BCUT2D eigenvalue weighted by atomic mass is 16.5. The second kappa shape index (κ2) is 5.87. The van der Waals surface area contributed by atoms with Gasteiger partial charge in [0, 0.05) is 12.5 Å². The Labute approximate surface area is 107 Å². The molecule has 1 aliphatic rings. The highest BCUT2D eigenvalue weighted by Crippen LogP contribution is 2.28. The number of methoxy groups -OCH3 is 1. The third-order valence-corrected chi connectivity index (χ3v) is 3.50. The summed E-state index contributed by atoms with van der Waals surface area (Å²) in [5.41, 5.74) is 1.24. The van der Waals surface area contributed by atoms with E-state index in [-0.39, 0.29) is 12.3 Å². The molecule has 4 nitrogen and oxygen atoms in total. The first-order valence-electron chi connectivity index (χ1n) is 6.28. The van der Waals surface area contributed by atoms with Crippen molar-refractivity contribution in [2.24, 2.45) is 5.92 Å². The highest BCUT2D eigenvalue weighted by molar-refractivity contribution is 5.67. The number of hydrogen-bond acceptors (Lipinski definition) is 3. The van der Waals surface area contributed by atoms with Gasteiger partial charge in [0.05, 0.1) is 7.11 Å². The Morgan fingerprint density at radius 3 is 2.61 bits per heavy atom. The predicted octanol–water partition coefficient (Wildman–Crippen LogP) is 2.21. The van der Waals surface area contributed by atoms with Gasteiger partial charge in [0.2, 0.25) is 0 Å². The first-order chi connectivity index (χ1) is 8.69. The van der Waals surface area contributed by atoms with Crippen LogP contribution in [0.4, 0.5) is 0 Å². The Morgan fingerprint density at radius 2 is 2.11 bits per heavy atom. The summed E-state index contributed by atoms with van der Waals surface area (Å²) in [7, 11) is 1.66. The number of carboxylic acids is 1. The van der Waals surface area contributed by atoms with Crippen LogP contribution in [-0.4, -0.2) is 24.7 Å². The maximum Gasteiger partial charge on any atom is 0.303 e. The molecule has 1 aromatic rings. The topological polar surface area (TPSA) is 58.6 Å². The van der Waals surface area contributed by atoms with Crippen molar-refractivity contribution >= 4 is 5.97 Å². The van der Waals surface area contributed by atoms with Crippen molar-refractivity contribution in [3.63, 3.8) is 0 Å². The molecule has 1 aromatic carbocycles. The van der Waals surface area contributed by atoms with Crippen LogP contribution in [0.1, 0.15) is 30.9 Å². The molecular weight excluding hydrogens is 230 g/mol. The lowest BCUT2D eigenvalue weighted by atomic mass is 9.89. The molecule has 0 aromatic heterocycles. The number of benzene rings is 1. The van der Waals surface area contributed by atoms with E-state index in [1.807, 2.05) is 12.1 Å². The van der Waals surface area contributed by atoms with Gasteiger partial charge in [-0.3, -0.25) is 4.79 Å². The van der Waals surface area contributed by atoms with Crippen molar-refractivity contribution in [2.45, 2.75) is 25.3 Å². The van der Waals surface area contributed by atoms with Crippen LogP contribution in [0.25, 0.3) is 0 Å². The Balaban J connectivity index is 1.90. The molecular formula is C14H19NO3. The van der Waals surface area contributed by atoms with Crippen molar-refractivity contribution in [1.29, 1.82) is 0 Å². The van der Waals surface area contributed by atoms with Gasteiger partial charge in [-0.25, -0.2) is 0 Å². The Morgan fingerprint density at radius 1 is 1.39 bits per heavy atom. The quantitative estimate of drug-likeness (QED) is 0.859. The van der Waals surface area contributed by atoms with E-state index in [1.54, 1.807) is 7.11 Å². The van der Waals surface area contributed by atoms with Crippen molar-refractivity contribution in [3.05, 3.63) is 29.8 Å². The third-order valence-electron chi connectivity index (χ3n) is 3.50. The average molecular weight is 249 g/mol. The molecule has 1 heterocycles. The molecule has 1 fully saturated rings. The van der Waals surface area contributed by atoms with Gasteiger partial charge in [-0.1, -0.05) is 12.1 Å². The number of carbonyl (C=O) groups is 1. The average Bonchev–Trinajstić information content (AvgIpc) is 2.39. The van der Waals surface area contributed by atoms with E-state index in [0.717, 1.165) is 25.1 Å². The summed E-state index contributed by atoms with van der Waals surface area (Å²) < 4.78 is 5.13. The number of ether oxygens (including phenoxy) is 1. The minimum atomic E-state index is -0.704. The molecule has 0 aliphatic carbocycles. The number of carboxylic acid groups (broad SMARTS) is 1. The van der Waals surface area contributed by atoms with E-state index in [2.05, 4.69) is 17.4 Å². The maximum absolute atomic E-state index is 10.6. The maximum atomic E-state index is 10.6. The fourth-order valence-corrected chi connectivity index (χ4v) is 2.46. The van der Waals surface area contributed by atoms with Crippen LogP contribution in [0.3, 0.4) is 0 Å². The van der Waals surface area contributed by atoms with Crippen LogP contribution in [0, 0.1) is 5.92 Å². The second-order valence-electron chi connectivity index (χ2n) is 4.78. The molecule has 98 valence electrons. The van der Waals surface area contributed by atoms with Crippen LogP contribution in [0.15, 0.2) is 24.3 Å². The zero-order valence-electron chi connectivity index (χ0n) is 10.6. The van der Waals surface area contributed by atoms with Crippen molar-refractivity contribution < 1.29 is 14.6 Å². The lowest BCUT2D eigenvalue weighted by Crippen LogP contribution is -2.34. The SMILES string of the molecule is COc1ccc(C2CCC(CC(=O)O)CN2)cc1. The van der Waals surface area contributed by atoms with Gasteiger partial charge in [-0.05, 0) is 43.0 Å². The second-order valence-corrected chi connectivity index (χ2v) is 4.78. The zero-order valence-corrected chi connectivity index (χ0v) is 10.6. The summed E-state index contributed by atoms with van der Waals surface area (Å²) in [4.78, 5) is 10.6. The zero-order chi connectivity index (χ0) is 13.0. The number of rotatable bonds is 4. The largest absolute Gasteiger partial charge is 0.497 e. The number of aliphatic carboxylic acids is 1. The van der Waals surface area contributed by atoms with E-state index in [9.17, 15) is 4.79 Å². The lowest BCUT2D eigenvalue weighted by Gasteiger charge is -2.29.